The molecule has 2 N–H and O–H groups in total. The molecule has 0 saturated heterocycles. The van der Waals surface area contributed by atoms with Gasteiger partial charge in [-0.15, -0.1) is 0 Å². The summed E-state index contributed by atoms with van der Waals surface area (Å²) in [5.41, 5.74) is 0. The van der Waals surface area contributed by atoms with Gasteiger partial charge in [-0.1, -0.05) is 26.7 Å². The van der Waals surface area contributed by atoms with Gasteiger partial charge in [0.2, 0.25) is 0 Å². The minimum absolute atomic E-state index is 0.00690. The second-order valence-electron chi connectivity index (χ2n) is 5.57. The Labute approximate surface area is 99.4 Å². The van der Waals surface area contributed by atoms with Crippen LogP contribution in [0.3, 0.4) is 0 Å². The molecule has 2 amide bonds. The highest BCUT2D eigenvalue weighted by atomic mass is 16.2. The topological polar surface area (TPSA) is 41.1 Å². The maximum absolute atomic E-state index is 11.7. The van der Waals surface area contributed by atoms with E-state index < -0.39 is 0 Å². The highest BCUT2D eigenvalue weighted by Gasteiger charge is 2.28. The van der Waals surface area contributed by atoms with Gasteiger partial charge >= 0.3 is 6.03 Å². The smallest absolute Gasteiger partial charge is 0.315 e. The van der Waals surface area contributed by atoms with E-state index in [2.05, 4.69) is 24.5 Å². The average molecular weight is 226 g/mol. The van der Waals surface area contributed by atoms with E-state index in [0.29, 0.717) is 17.9 Å². The fraction of sp³-hybridized carbons (Fsp3) is 0.923. The molecule has 16 heavy (non-hydrogen) atoms. The van der Waals surface area contributed by atoms with Gasteiger partial charge in [0.25, 0.3) is 0 Å². The maximum atomic E-state index is 11.7. The van der Waals surface area contributed by atoms with Gasteiger partial charge in [-0.2, -0.15) is 0 Å². The fourth-order valence-corrected chi connectivity index (χ4v) is 2.61. The molecule has 0 aliphatic heterocycles. The Kier molecular flexibility index (Phi) is 5.10. The molecule has 2 unspecified atom stereocenters. The summed E-state index contributed by atoms with van der Waals surface area (Å²) in [6.07, 6.45) is 4.95. The quantitative estimate of drug-likeness (QED) is 0.763. The van der Waals surface area contributed by atoms with Crippen LogP contribution in [0.1, 0.15) is 53.4 Å². The van der Waals surface area contributed by atoms with Crippen LogP contribution in [0.5, 0.6) is 0 Å². The Morgan fingerprint density at radius 1 is 1.12 bits per heavy atom. The third-order valence-corrected chi connectivity index (χ3v) is 3.41. The molecule has 1 fully saturated rings. The van der Waals surface area contributed by atoms with Gasteiger partial charge < -0.3 is 10.6 Å². The van der Waals surface area contributed by atoms with Gasteiger partial charge in [-0.3, -0.25) is 0 Å². The second kappa shape index (κ2) is 6.12. The van der Waals surface area contributed by atoms with E-state index in [0.717, 1.165) is 6.42 Å². The number of amides is 2. The summed E-state index contributed by atoms with van der Waals surface area (Å²) in [6, 6.07) is 0.571. The summed E-state index contributed by atoms with van der Waals surface area (Å²) in [5, 5.41) is 6.03. The van der Waals surface area contributed by atoms with Crippen molar-refractivity contribution in [1.29, 1.82) is 0 Å². The van der Waals surface area contributed by atoms with Crippen LogP contribution < -0.4 is 10.6 Å². The number of rotatable bonds is 3. The minimum Gasteiger partial charge on any atom is -0.336 e. The minimum atomic E-state index is -0.00690. The van der Waals surface area contributed by atoms with Gasteiger partial charge in [-0.05, 0) is 38.5 Å². The number of carbonyl (C=O) groups excluding carboxylic acids is 1. The largest absolute Gasteiger partial charge is 0.336 e. The fourth-order valence-electron chi connectivity index (χ4n) is 2.61. The molecule has 1 rings (SSSR count). The Balaban J connectivity index is 2.46. The summed E-state index contributed by atoms with van der Waals surface area (Å²) in [5.74, 6) is 1.30. The van der Waals surface area contributed by atoms with Crippen LogP contribution >= 0.6 is 0 Å². The van der Waals surface area contributed by atoms with Crippen molar-refractivity contribution in [3.05, 3.63) is 0 Å². The summed E-state index contributed by atoms with van der Waals surface area (Å²) in [7, 11) is 0. The highest BCUT2D eigenvalue weighted by molar-refractivity contribution is 5.74. The van der Waals surface area contributed by atoms with Gasteiger partial charge in [0, 0.05) is 12.1 Å². The first-order valence-corrected chi connectivity index (χ1v) is 6.57. The summed E-state index contributed by atoms with van der Waals surface area (Å²) in [6.45, 7) is 8.48. The molecule has 0 aromatic rings. The van der Waals surface area contributed by atoms with Crippen molar-refractivity contribution in [3.8, 4) is 0 Å². The molecule has 0 spiro atoms. The van der Waals surface area contributed by atoms with E-state index in [1.165, 1.54) is 19.3 Å². The molecule has 2 atom stereocenters. The van der Waals surface area contributed by atoms with Gasteiger partial charge in [0.05, 0.1) is 0 Å². The normalized spacial score (nSPS) is 25.9. The van der Waals surface area contributed by atoms with Gasteiger partial charge in [0.15, 0.2) is 0 Å². The molecular formula is C13H26N2O. The number of hydrogen-bond acceptors (Lipinski definition) is 1. The maximum Gasteiger partial charge on any atom is 0.315 e. The molecule has 0 bridgehead atoms. The Bertz CT molecular complexity index is 226. The van der Waals surface area contributed by atoms with Crippen LogP contribution in [-0.2, 0) is 0 Å². The predicted octanol–water partition coefficient (Wildman–Crippen LogP) is 2.91. The van der Waals surface area contributed by atoms with Crippen LogP contribution in [0.25, 0.3) is 0 Å². The lowest BCUT2D eigenvalue weighted by atomic mass is 9.78. The van der Waals surface area contributed by atoms with Crippen LogP contribution in [-0.4, -0.2) is 18.1 Å². The van der Waals surface area contributed by atoms with Crippen molar-refractivity contribution in [2.75, 3.05) is 0 Å². The number of carbonyl (C=O) groups is 1. The van der Waals surface area contributed by atoms with E-state index in [-0.39, 0.29) is 12.1 Å². The molecule has 0 aromatic carbocycles. The van der Waals surface area contributed by atoms with Crippen LogP contribution in [0.2, 0.25) is 0 Å². The molecule has 0 aromatic heterocycles. The molecule has 3 nitrogen and oxygen atoms in total. The first-order chi connectivity index (χ1) is 7.50. The molecule has 1 aliphatic carbocycles. The van der Waals surface area contributed by atoms with Crippen molar-refractivity contribution in [1.82, 2.24) is 10.6 Å². The Morgan fingerprint density at radius 3 is 2.31 bits per heavy atom. The monoisotopic (exact) mass is 226 g/mol. The van der Waals surface area contributed by atoms with Crippen molar-refractivity contribution in [2.45, 2.75) is 65.5 Å². The third-order valence-electron chi connectivity index (χ3n) is 3.41. The molecule has 0 radical (unpaired) electrons. The van der Waals surface area contributed by atoms with Crippen molar-refractivity contribution in [3.63, 3.8) is 0 Å². The second-order valence-corrected chi connectivity index (χ2v) is 5.57. The lowest BCUT2D eigenvalue weighted by Crippen LogP contribution is -2.49. The third kappa shape index (κ3) is 4.03. The average Bonchev–Trinajstić information content (AvgIpc) is 2.16. The molecule has 0 heterocycles. The van der Waals surface area contributed by atoms with E-state index in [4.69, 9.17) is 0 Å². The lowest BCUT2D eigenvalue weighted by Gasteiger charge is -2.35. The van der Waals surface area contributed by atoms with E-state index in [9.17, 15) is 4.79 Å². The summed E-state index contributed by atoms with van der Waals surface area (Å²) >= 11 is 0. The zero-order chi connectivity index (χ0) is 12.1. The van der Waals surface area contributed by atoms with E-state index >= 15 is 0 Å². The predicted molar refractivity (Wildman–Crippen MR) is 67.4 cm³/mol. The summed E-state index contributed by atoms with van der Waals surface area (Å²) in [4.78, 5) is 11.7. The highest BCUT2D eigenvalue weighted by Crippen LogP contribution is 2.30. The first kappa shape index (κ1) is 13.3. The van der Waals surface area contributed by atoms with E-state index in [1.807, 2.05) is 13.8 Å². The van der Waals surface area contributed by atoms with Crippen LogP contribution in [0, 0.1) is 11.8 Å². The number of hydrogen-bond donors (Lipinski definition) is 2. The molecular weight excluding hydrogens is 200 g/mol. The lowest BCUT2D eigenvalue weighted by molar-refractivity contribution is 0.193. The van der Waals surface area contributed by atoms with E-state index in [1.54, 1.807) is 0 Å². The zero-order valence-corrected chi connectivity index (χ0v) is 11.0. The molecule has 1 aliphatic rings. The zero-order valence-electron chi connectivity index (χ0n) is 11.0. The van der Waals surface area contributed by atoms with Crippen molar-refractivity contribution in [2.24, 2.45) is 11.8 Å². The standard InChI is InChI=1S/C13H26N2O/c1-9(2)11-7-5-6-8-12(11)15-13(16)14-10(3)4/h9-12H,5-8H2,1-4H3,(H2,14,15,16). The van der Waals surface area contributed by atoms with Crippen LogP contribution in [0.4, 0.5) is 4.79 Å². The molecule has 94 valence electrons. The van der Waals surface area contributed by atoms with Crippen molar-refractivity contribution < 1.29 is 4.79 Å². The molecule has 3 heteroatoms. The Hall–Kier alpha value is -0.730. The van der Waals surface area contributed by atoms with Gasteiger partial charge in [-0.25, -0.2) is 4.79 Å². The Morgan fingerprint density at radius 2 is 1.75 bits per heavy atom. The van der Waals surface area contributed by atoms with Crippen molar-refractivity contribution >= 4 is 6.03 Å². The summed E-state index contributed by atoms with van der Waals surface area (Å²) < 4.78 is 0. The molecule has 1 saturated carbocycles. The number of nitrogens with one attached hydrogen (secondary N) is 2. The first-order valence-electron chi connectivity index (χ1n) is 6.57. The van der Waals surface area contributed by atoms with Crippen LogP contribution in [0.15, 0.2) is 0 Å². The van der Waals surface area contributed by atoms with Gasteiger partial charge in [0.1, 0.15) is 0 Å². The SMILES string of the molecule is CC(C)NC(=O)NC1CCCCC1C(C)C. The number of urea groups is 1.